The van der Waals surface area contributed by atoms with E-state index in [2.05, 4.69) is 26.9 Å². The minimum Gasteiger partial charge on any atom is -0.497 e. The van der Waals surface area contributed by atoms with Crippen LogP contribution in [0.2, 0.25) is 0 Å². The number of hydrogen-bond donors (Lipinski definition) is 2. The van der Waals surface area contributed by atoms with Gasteiger partial charge in [-0.05, 0) is 48.7 Å². The van der Waals surface area contributed by atoms with E-state index in [1.807, 2.05) is 49.4 Å². The van der Waals surface area contributed by atoms with Crippen molar-refractivity contribution in [3.05, 3.63) is 83.0 Å². The lowest BCUT2D eigenvalue weighted by molar-refractivity contribution is 0.0945. The molecule has 1 heterocycles. The molecule has 3 aromatic rings. The number of anilines is 1. The van der Waals surface area contributed by atoms with Crippen LogP contribution in [0.5, 0.6) is 5.75 Å². The molecule has 0 unspecified atom stereocenters. The van der Waals surface area contributed by atoms with Crippen LogP contribution >= 0.6 is 0 Å². The molecule has 0 fully saturated rings. The number of carbonyl (C=O) groups is 1. The summed E-state index contributed by atoms with van der Waals surface area (Å²) in [5.74, 6) is 1.24. The Hall–Kier alpha value is -3.41. The largest absolute Gasteiger partial charge is 0.497 e. The fourth-order valence-corrected chi connectivity index (χ4v) is 2.81. The fraction of sp³-hybridized carbons (Fsp3) is 0.227. The van der Waals surface area contributed by atoms with E-state index in [9.17, 15) is 4.79 Å². The fourth-order valence-electron chi connectivity index (χ4n) is 2.81. The molecule has 0 aliphatic carbocycles. The minimum absolute atomic E-state index is 0.239. The van der Waals surface area contributed by atoms with Gasteiger partial charge >= 0.3 is 0 Å². The number of rotatable bonds is 8. The number of nitrogens with one attached hydrogen (secondary N) is 2. The second-order valence-electron chi connectivity index (χ2n) is 6.50. The summed E-state index contributed by atoms with van der Waals surface area (Å²) in [6.45, 7) is 3.19. The van der Waals surface area contributed by atoms with E-state index in [4.69, 9.17) is 4.74 Å². The Morgan fingerprint density at radius 3 is 2.57 bits per heavy atom. The lowest BCUT2D eigenvalue weighted by Gasteiger charge is -2.08. The summed E-state index contributed by atoms with van der Waals surface area (Å²) in [6, 6.07) is 19.4. The maximum atomic E-state index is 12.2. The molecule has 1 aromatic heterocycles. The first-order valence-electron chi connectivity index (χ1n) is 9.18. The van der Waals surface area contributed by atoms with Crippen molar-refractivity contribution in [1.29, 1.82) is 0 Å². The van der Waals surface area contributed by atoms with Gasteiger partial charge in [-0.1, -0.05) is 42.0 Å². The monoisotopic (exact) mass is 376 g/mol. The molecule has 0 aliphatic rings. The molecular formula is C22H24N4O2. The summed E-state index contributed by atoms with van der Waals surface area (Å²) >= 11 is 0. The molecule has 144 valence electrons. The molecule has 0 saturated carbocycles. The molecule has 0 radical (unpaired) electrons. The zero-order valence-electron chi connectivity index (χ0n) is 16.1. The van der Waals surface area contributed by atoms with Gasteiger partial charge in [0.1, 0.15) is 11.6 Å². The van der Waals surface area contributed by atoms with Crippen molar-refractivity contribution in [3.8, 4) is 5.75 Å². The lowest BCUT2D eigenvalue weighted by atomic mass is 10.1. The number of ether oxygens (including phenoxy) is 1. The molecule has 1 amide bonds. The zero-order valence-corrected chi connectivity index (χ0v) is 16.1. The Morgan fingerprint density at radius 1 is 1.00 bits per heavy atom. The van der Waals surface area contributed by atoms with E-state index >= 15 is 0 Å². The highest BCUT2D eigenvalue weighted by Crippen LogP contribution is 2.13. The summed E-state index contributed by atoms with van der Waals surface area (Å²) in [6.07, 6.45) is 0.831. The molecule has 6 nitrogen and oxygen atoms in total. The van der Waals surface area contributed by atoms with Crippen molar-refractivity contribution in [2.24, 2.45) is 0 Å². The Bertz CT molecular complexity index is 926. The summed E-state index contributed by atoms with van der Waals surface area (Å²) in [7, 11) is 1.66. The van der Waals surface area contributed by atoms with Crippen LogP contribution in [0.25, 0.3) is 0 Å². The van der Waals surface area contributed by atoms with Crippen LogP contribution in [0.4, 0.5) is 5.82 Å². The molecule has 28 heavy (non-hydrogen) atoms. The highest BCUT2D eigenvalue weighted by Gasteiger charge is 2.08. The van der Waals surface area contributed by atoms with Gasteiger partial charge in [-0.25, -0.2) is 0 Å². The maximum absolute atomic E-state index is 12.2. The number of hydrogen-bond acceptors (Lipinski definition) is 5. The van der Waals surface area contributed by atoms with Crippen LogP contribution in [0.3, 0.4) is 0 Å². The maximum Gasteiger partial charge on any atom is 0.272 e. The highest BCUT2D eigenvalue weighted by molar-refractivity contribution is 5.92. The average Bonchev–Trinajstić information content (AvgIpc) is 2.73. The van der Waals surface area contributed by atoms with Crippen molar-refractivity contribution in [1.82, 2.24) is 15.5 Å². The van der Waals surface area contributed by atoms with Crippen molar-refractivity contribution < 1.29 is 9.53 Å². The Labute approximate surface area is 165 Å². The van der Waals surface area contributed by atoms with Crippen LogP contribution in [0, 0.1) is 6.92 Å². The van der Waals surface area contributed by atoms with Gasteiger partial charge in [0.2, 0.25) is 0 Å². The number of carbonyl (C=O) groups excluding carboxylic acids is 1. The van der Waals surface area contributed by atoms with Gasteiger partial charge in [0.25, 0.3) is 5.91 Å². The highest BCUT2D eigenvalue weighted by atomic mass is 16.5. The van der Waals surface area contributed by atoms with Gasteiger partial charge in [-0.15, -0.1) is 10.2 Å². The first-order chi connectivity index (χ1) is 13.6. The van der Waals surface area contributed by atoms with Gasteiger partial charge in [-0.3, -0.25) is 4.79 Å². The SMILES string of the molecule is COc1cccc(CCNc2ccc(C(=O)NCc3cccc(C)c3)nn2)c1. The Balaban J connectivity index is 1.48. The van der Waals surface area contributed by atoms with Crippen LogP contribution < -0.4 is 15.4 Å². The third-order valence-electron chi connectivity index (χ3n) is 4.29. The van der Waals surface area contributed by atoms with E-state index in [0.717, 1.165) is 23.3 Å². The quantitative estimate of drug-likeness (QED) is 0.630. The number of aromatic nitrogens is 2. The summed E-state index contributed by atoms with van der Waals surface area (Å²) in [5, 5.41) is 14.2. The van der Waals surface area contributed by atoms with Crippen molar-refractivity contribution in [3.63, 3.8) is 0 Å². The van der Waals surface area contributed by atoms with Gasteiger partial charge in [0, 0.05) is 13.1 Å². The van der Waals surface area contributed by atoms with Crippen molar-refractivity contribution in [2.75, 3.05) is 19.0 Å². The number of amides is 1. The molecule has 0 aliphatic heterocycles. The number of benzene rings is 2. The third-order valence-corrected chi connectivity index (χ3v) is 4.29. The van der Waals surface area contributed by atoms with E-state index < -0.39 is 0 Å². The van der Waals surface area contributed by atoms with Gasteiger partial charge in [-0.2, -0.15) is 0 Å². The minimum atomic E-state index is -0.239. The van der Waals surface area contributed by atoms with Crippen LogP contribution in [0.15, 0.2) is 60.7 Å². The predicted octanol–water partition coefficient (Wildman–Crippen LogP) is 3.38. The Kier molecular flexibility index (Phi) is 6.57. The standard InChI is InChI=1S/C22H24N4O2/c1-16-5-3-7-18(13-16)15-24-22(27)20-9-10-21(26-25-20)23-12-11-17-6-4-8-19(14-17)28-2/h3-10,13-14H,11-12,15H2,1-2H3,(H,23,26)(H,24,27). The first-order valence-corrected chi connectivity index (χ1v) is 9.18. The van der Waals surface area contributed by atoms with Gasteiger partial charge in [0.05, 0.1) is 7.11 Å². The van der Waals surface area contributed by atoms with Gasteiger partial charge < -0.3 is 15.4 Å². The molecule has 0 spiro atoms. The summed E-state index contributed by atoms with van der Waals surface area (Å²) in [4.78, 5) is 12.2. The molecule has 3 rings (SSSR count). The second-order valence-corrected chi connectivity index (χ2v) is 6.50. The normalized spacial score (nSPS) is 10.4. The number of aryl methyl sites for hydroxylation is 1. The van der Waals surface area contributed by atoms with Crippen LogP contribution in [-0.2, 0) is 13.0 Å². The zero-order chi connectivity index (χ0) is 19.8. The van der Waals surface area contributed by atoms with Crippen molar-refractivity contribution >= 4 is 11.7 Å². The van der Waals surface area contributed by atoms with E-state index in [1.165, 1.54) is 5.56 Å². The topological polar surface area (TPSA) is 76.1 Å². The summed E-state index contributed by atoms with van der Waals surface area (Å²) < 4.78 is 5.23. The van der Waals surface area contributed by atoms with Crippen LogP contribution in [-0.4, -0.2) is 29.8 Å². The molecule has 0 bridgehead atoms. The molecule has 0 saturated heterocycles. The predicted molar refractivity (Wildman–Crippen MR) is 110 cm³/mol. The van der Waals surface area contributed by atoms with E-state index in [-0.39, 0.29) is 5.91 Å². The first kappa shape index (κ1) is 19.4. The number of methoxy groups -OCH3 is 1. The van der Waals surface area contributed by atoms with E-state index in [0.29, 0.717) is 24.6 Å². The summed E-state index contributed by atoms with van der Waals surface area (Å²) in [5.41, 5.74) is 3.69. The molecular weight excluding hydrogens is 352 g/mol. The van der Waals surface area contributed by atoms with E-state index in [1.54, 1.807) is 19.2 Å². The third kappa shape index (κ3) is 5.54. The van der Waals surface area contributed by atoms with Gasteiger partial charge in [0.15, 0.2) is 5.69 Å². The van der Waals surface area contributed by atoms with Crippen LogP contribution in [0.1, 0.15) is 27.2 Å². The molecule has 0 atom stereocenters. The Morgan fingerprint density at radius 2 is 1.82 bits per heavy atom. The molecule has 2 N–H and O–H groups in total. The van der Waals surface area contributed by atoms with Crippen molar-refractivity contribution in [2.45, 2.75) is 19.9 Å². The molecule has 2 aromatic carbocycles. The number of nitrogens with zero attached hydrogens (tertiary/aromatic N) is 2. The second kappa shape index (κ2) is 9.50. The average molecular weight is 376 g/mol. The smallest absolute Gasteiger partial charge is 0.272 e. The molecule has 6 heteroatoms. The lowest BCUT2D eigenvalue weighted by Crippen LogP contribution is -2.24.